The number of carbonyl (C=O) groups is 2. The minimum absolute atomic E-state index is 0.0919. The molecule has 0 aromatic heterocycles. The maximum absolute atomic E-state index is 12.8. The average molecular weight is 307 g/mol. The molecule has 3 fully saturated rings. The van der Waals surface area contributed by atoms with Gasteiger partial charge in [-0.25, -0.2) is 0 Å². The zero-order chi connectivity index (χ0) is 15.5. The van der Waals surface area contributed by atoms with Crippen molar-refractivity contribution in [3.8, 4) is 0 Å². The number of piperazine rings is 1. The van der Waals surface area contributed by atoms with Gasteiger partial charge in [-0.15, -0.1) is 0 Å². The van der Waals surface area contributed by atoms with Gasteiger partial charge in [0.1, 0.15) is 6.04 Å². The zero-order valence-corrected chi connectivity index (χ0v) is 13.7. The van der Waals surface area contributed by atoms with Gasteiger partial charge in [-0.05, 0) is 25.2 Å². The fourth-order valence-corrected chi connectivity index (χ4v) is 3.81. The van der Waals surface area contributed by atoms with Crippen LogP contribution < -0.4 is 5.32 Å². The molecule has 1 atom stereocenters. The van der Waals surface area contributed by atoms with Crippen molar-refractivity contribution in [1.82, 2.24) is 15.1 Å². The first-order valence-electron chi connectivity index (χ1n) is 8.93. The molecule has 1 heterocycles. The Morgan fingerprint density at radius 2 is 1.68 bits per heavy atom. The zero-order valence-electron chi connectivity index (χ0n) is 13.7. The molecule has 0 aromatic rings. The lowest BCUT2D eigenvalue weighted by Crippen LogP contribution is -2.57. The van der Waals surface area contributed by atoms with Crippen LogP contribution in [0.15, 0.2) is 0 Å². The first-order valence-corrected chi connectivity index (χ1v) is 8.93. The molecular formula is C17H29N3O2. The molecule has 3 aliphatic rings. The fraction of sp³-hybridized carbons (Fsp3) is 0.882. The molecule has 0 bridgehead atoms. The third-order valence-electron chi connectivity index (χ3n) is 5.69. The third kappa shape index (κ3) is 3.62. The highest BCUT2D eigenvalue weighted by Crippen LogP contribution is 2.31. The molecule has 0 aromatic carbocycles. The lowest BCUT2D eigenvalue weighted by molar-refractivity contribution is -0.138. The van der Waals surface area contributed by atoms with Gasteiger partial charge in [0.05, 0.1) is 0 Å². The monoisotopic (exact) mass is 307 g/mol. The van der Waals surface area contributed by atoms with E-state index in [-0.39, 0.29) is 17.9 Å². The van der Waals surface area contributed by atoms with Gasteiger partial charge >= 0.3 is 0 Å². The van der Waals surface area contributed by atoms with Crippen molar-refractivity contribution in [1.29, 1.82) is 0 Å². The molecule has 0 spiro atoms. The highest BCUT2D eigenvalue weighted by Gasteiger charge is 2.33. The van der Waals surface area contributed by atoms with E-state index in [0.29, 0.717) is 5.92 Å². The molecule has 1 N–H and O–H groups in total. The van der Waals surface area contributed by atoms with E-state index < -0.39 is 0 Å². The van der Waals surface area contributed by atoms with Gasteiger partial charge in [0.15, 0.2) is 0 Å². The molecule has 2 aliphatic carbocycles. The lowest BCUT2D eigenvalue weighted by Gasteiger charge is -2.43. The number of hydrogen-bond donors (Lipinski definition) is 1. The summed E-state index contributed by atoms with van der Waals surface area (Å²) in [6, 6.07) is 0.455. The predicted octanol–water partition coefficient (Wildman–Crippen LogP) is 1.38. The largest absolute Gasteiger partial charge is 0.345 e. The molecule has 5 heteroatoms. The Hall–Kier alpha value is -1.10. The van der Waals surface area contributed by atoms with Gasteiger partial charge in [0, 0.05) is 39.1 Å². The predicted molar refractivity (Wildman–Crippen MR) is 85.4 cm³/mol. The van der Waals surface area contributed by atoms with Crippen LogP contribution in [0, 0.1) is 5.92 Å². The summed E-state index contributed by atoms with van der Waals surface area (Å²) in [5.41, 5.74) is 0. The Labute approximate surface area is 133 Å². The van der Waals surface area contributed by atoms with E-state index in [1.54, 1.807) is 0 Å². The summed E-state index contributed by atoms with van der Waals surface area (Å²) in [5, 5.41) is 2.89. The van der Waals surface area contributed by atoms with Gasteiger partial charge < -0.3 is 10.2 Å². The maximum Gasteiger partial charge on any atom is 0.245 e. The lowest BCUT2D eigenvalue weighted by atomic mass is 9.80. The van der Waals surface area contributed by atoms with Crippen LogP contribution in [-0.2, 0) is 9.59 Å². The second-order valence-electron chi connectivity index (χ2n) is 7.23. The Morgan fingerprint density at radius 1 is 1.05 bits per heavy atom. The Kier molecular flexibility index (Phi) is 5.01. The summed E-state index contributed by atoms with van der Waals surface area (Å²) < 4.78 is 0. The highest BCUT2D eigenvalue weighted by molar-refractivity contribution is 5.87. The number of hydrogen-bond acceptors (Lipinski definition) is 3. The van der Waals surface area contributed by atoms with Gasteiger partial charge in [0.25, 0.3) is 0 Å². The van der Waals surface area contributed by atoms with Crippen LogP contribution in [0.3, 0.4) is 0 Å². The summed E-state index contributed by atoms with van der Waals surface area (Å²) in [6.45, 7) is 5.13. The average Bonchev–Trinajstić information content (AvgIpc) is 2.39. The van der Waals surface area contributed by atoms with Crippen LogP contribution in [0.2, 0.25) is 0 Å². The molecule has 0 radical (unpaired) electrons. The van der Waals surface area contributed by atoms with E-state index in [0.717, 1.165) is 38.6 Å². The minimum Gasteiger partial charge on any atom is -0.345 e. The fourth-order valence-electron chi connectivity index (χ4n) is 3.81. The van der Waals surface area contributed by atoms with Crippen molar-refractivity contribution in [3.63, 3.8) is 0 Å². The maximum atomic E-state index is 12.8. The number of amides is 2. The van der Waals surface area contributed by atoms with Crippen molar-refractivity contribution in [2.75, 3.05) is 26.2 Å². The minimum atomic E-state index is -0.307. The molecule has 1 aliphatic heterocycles. The van der Waals surface area contributed by atoms with E-state index in [4.69, 9.17) is 0 Å². The van der Waals surface area contributed by atoms with Gasteiger partial charge in [0.2, 0.25) is 11.8 Å². The molecule has 0 unspecified atom stereocenters. The standard InChI is InChI=1S/C17H29N3O2/c1-13(21)18-16(12-14-4-2-5-14)17(22)20-10-8-19(9-11-20)15-6-3-7-15/h14-16H,2-12H2,1H3,(H,18,21)/t16-/m1/s1. The summed E-state index contributed by atoms with van der Waals surface area (Å²) in [6.07, 6.45) is 8.51. The van der Waals surface area contributed by atoms with Gasteiger partial charge in [-0.1, -0.05) is 25.7 Å². The van der Waals surface area contributed by atoms with E-state index in [1.807, 2.05) is 4.90 Å². The Morgan fingerprint density at radius 3 is 2.14 bits per heavy atom. The highest BCUT2D eigenvalue weighted by atomic mass is 16.2. The van der Waals surface area contributed by atoms with Crippen molar-refractivity contribution in [3.05, 3.63) is 0 Å². The summed E-state index contributed by atoms with van der Waals surface area (Å²) in [5.74, 6) is 0.665. The second-order valence-corrected chi connectivity index (χ2v) is 7.23. The van der Waals surface area contributed by atoms with E-state index in [2.05, 4.69) is 10.2 Å². The van der Waals surface area contributed by atoms with Crippen molar-refractivity contribution in [2.24, 2.45) is 5.92 Å². The molecule has 5 nitrogen and oxygen atoms in total. The summed E-state index contributed by atoms with van der Waals surface area (Å²) in [7, 11) is 0. The normalized spacial score (nSPS) is 25.2. The molecule has 1 saturated heterocycles. The van der Waals surface area contributed by atoms with Crippen molar-refractivity contribution in [2.45, 2.75) is 64.0 Å². The van der Waals surface area contributed by atoms with Crippen molar-refractivity contribution >= 4 is 11.8 Å². The van der Waals surface area contributed by atoms with Gasteiger partial charge in [-0.3, -0.25) is 14.5 Å². The van der Waals surface area contributed by atoms with E-state index >= 15 is 0 Å². The van der Waals surface area contributed by atoms with Crippen LogP contribution in [0.25, 0.3) is 0 Å². The number of rotatable bonds is 5. The first-order chi connectivity index (χ1) is 10.6. The van der Waals surface area contributed by atoms with Crippen LogP contribution in [0.4, 0.5) is 0 Å². The molecule has 2 amide bonds. The van der Waals surface area contributed by atoms with E-state index in [9.17, 15) is 9.59 Å². The molecule has 124 valence electrons. The second kappa shape index (κ2) is 6.99. The first kappa shape index (κ1) is 15.8. The quantitative estimate of drug-likeness (QED) is 0.835. The molecule has 22 heavy (non-hydrogen) atoms. The number of nitrogens with zero attached hydrogens (tertiary/aromatic N) is 2. The van der Waals surface area contributed by atoms with Crippen LogP contribution in [0.5, 0.6) is 0 Å². The van der Waals surface area contributed by atoms with Crippen LogP contribution in [-0.4, -0.2) is 59.9 Å². The smallest absolute Gasteiger partial charge is 0.245 e. The number of nitrogens with one attached hydrogen (secondary N) is 1. The Bertz CT molecular complexity index is 410. The molecule has 2 saturated carbocycles. The van der Waals surface area contributed by atoms with Crippen molar-refractivity contribution < 1.29 is 9.59 Å². The van der Waals surface area contributed by atoms with Crippen LogP contribution in [0.1, 0.15) is 51.9 Å². The van der Waals surface area contributed by atoms with E-state index in [1.165, 1.54) is 45.4 Å². The number of carbonyl (C=O) groups excluding carboxylic acids is 2. The molecular weight excluding hydrogens is 278 g/mol. The van der Waals surface area contributed by atoms with Gasteiger partial charge in [-0.2, -0.15) is 0 Å². The third-order valence-corrected chi connectivity index (χ3v) is 5.69. The Balaban J connectivity index is 1.51. The summed E-state index contributed by atoms with van der Waals surface area (Å²) >= 11 is 0. The van der Waals surface area contributed by atoms with Crippen LogP contribution >= 0.6 is 0 Å². The summed E-state index contributed by atoms with van der Waals surface area (Å²) in [4.78, 5) is 28.7. The topological polar surface area (TPSA) is 52.7 Å². The SMILES string of the molecule is CC(=O)N[C@H](CC1CCC1)C(=O)N1CCN(C2CCC2)CC1. The molecule has 3 rings (SSSR count).